The number of benzene rings is 2. The third kappa shape index (κ3) is 4.92. The zero-order valence-corrected chi connectivity index (χ0v) is 13.9. The van der Waals surface area contributed by atoms with E-state index in [-0.39, 0.29) is 0 Å². The molecule has 0 amide bonds. The Morgan fingerprint density at radius 3 is 1.25 bits per heavy atom. The van der Waals surface area contributed by atoms with Gasteiger partial charge in [-0.3, -0.25) is 0 Å². The molecule has 0 fully saturated rings. The van der Waals surface area contributed by atoms with Crippen LogP contribution in [0.5, 0.6) is 0 Å². The lowest BCUT2D eigenvalue weighted by molar-refractivity contribution is 1.13. The van der Waals surface area contributed by atoms with Gasteiger partial charge in [-0.1, -0.05) is 38.1 Å². The Morgan fingerprint density at radius 2 is 0.950 bits per heavy atom. The van der Waals surface area contributed by atoms with Gasteiger partial charge in [0.1, 0.15) is 0 Å². The maximum Gasteiger partial charge on any atom is 0.00745 e. The molecule has 0 atom stereocenters. The highest BCUT2D eigenvalue weighted by molar-refractivity contribution is 8.03. The standard InChI is InChI=1S/C18H22S2/c1-3-15-5-9-17(10-6-15)19-13-14-20-18-11-7-16(4-2)8-12-18/h5-12H,3-4,13-14H2,1-2H3. The second-order valence-corrected chi connectivity index (χ2v) is 7.03. The first-order valence-electron chi connectivity index (χ1n) is 7.25. The van der Waals surface area contributed by atoms with Crippen LogP contribution in [0.2, 0.25) is 0 Å². The summed E-state index contributed by atoms with van der Waals surface area (Å²) in [5, 5.41) is 0. The molecule has 106 valence electrons. The van der Waals surface area contributed by atoms with Gasteiger partial charge in [0.05, 0.1) is 0 Å². The van der Waals surface area contributed by atoms with Crippen LogP contribution in [-0.4, -0.2) is 11.5 Å². The van der Waals surface area contributed by atoms with Gasteiger partial charge in [0.2, 0.25) is 0 Å². The highest BCUT2D eigenvalue weighted by atomic mass is 32.2. The first-order valence-corrected chi connectivity index (χ1v) is 9.22. The van der Waals surface area contributed by atoms with Crippen molar-refractivity contribution in [2.75, 3.05) is 11.5 Å². The van der Waals surface area contributed by atoms with Crippen molar-refractivity contribution in [1.29, 1.82) is 0 Å². The summed E-state index contributed by atoms with van der Waals surface area (Å²) in [6.07, 6.45) is 2.24. The molecular weight excluding hydrogens is 280 g/mol. The van der Waals surface area contributed by atoms with Crippen LogP contribution in [-0.2, 0) is 12.8 Å². The average molecular weight is 303 g/mol. The summed E-state index contributed by atoms with van der Waals surface area (Å²) in [6.45, 7) is 4.39. The molecule has 0 spiro atoms. The summed E-state index contributed by atoms with van der Waals surface area (Å²) in [7, 11) is 0. The Balaban J connectivity index is 1.72. The van der Waals surface area contributed by atoms with E-state index in [1.807, 2.05) is 23.5 Å². The van der Waals surface area contributed by atoms with E-state index >= 15 is 0 Å². The predicted octanol–water partition coefficient (Wildman–Crippen LogP) is 5.70. The minimum Gasteiger partial charge on any atom is -0.125 e. The Kier molecular flexibility index (Phi) is 6.55. The van der Waals surface area contributed by atoms with Crippen molar-refractivity contribution < 1.29 is 0 Å². The van der Waals surface area contributed by atoms with E-state index in [1.165, 1.54) is 20.9 Å². The molecular formula is C18H22S2. The molecule has 2 aromatic carbocycles. The summed E-state index contributed by atoms with van der Waals surface area (Å²) in [6, 6.07) is 17.9. The Labute approximate surface area is 131 Å². The summed E-state index contributed by atoms with van der Waals surface area (Å²) in [4.78, 5) is 2.76. The predicted molar refractivity (Wildman–Crippen MR) is 93.1 cm³/mol. The van der Waals surface area contributed by atoms with Gasteiger partial charge in [0, 0.05) is 21.3 Å². The fourth-order valence-electron chi connectivity index (χ4n) is 1.96. The van der Waals surface area contributed by atoms with Crippen LogP contribution in [0, 0.1) is 0 Å². The van der Waals surface area contributed by atoms with E-state index in [9.17, 15) is 0 Å². The monoisotopic (exact) mass is 302 g/mol. The molecule has 0 bridgehead atoms. The Bertz CT molecular complexity index is 450. The Hall–Kier alpha value is -0.860. The highest BCUT2D eigenvalue weighted by Crippen LogP contribution is 2.23. The third-order valence-electron chi connectivity index (χ3n) is 3.28. The molecule has 0 radical (unpaired) electrons. The normalized spacial score (nSPS) is 10.7. The molecule has 0 N–H and O–H groups in total. The van der Waals surface area contributed by atoms with Crippen molar-refractivity contribution in [1.82, 2.24) is 0 Å². The first-order chi connectivity index (χ1) is 9.81. The van der Waals surface area contributed by atoms with Crippen LogP contribution < -0.4 is 0 Å². The largest absolute Gasteiger partial charge is 0.125 e. The fraction of sp³-hybridized carbons (Fsp3) is 0.333. The van der Waals surface area contributed by atoms with Crippen molar-refractivity contribution >= 4 is 23.5 Å². The van der Waals surface area contributed by atoms with Gasteiger partial charge < -0.3 is 0 Å². The van der Waals surface area contributed by atoms with Crippen LogP contribution in [0.1, 0.15) is 25.0 Å². The molecule has 0 saturated carbocycles. The first kappa shape index (κ1) is 15.5. The van der Waals surface area contributed by atoms with Gasteiger partial charge in [-0.25, -0.2) is 0 Å². The van der Waals surface area contributed by atoms with E-state index in [1.54, 1.807) is 0 Å². The average Bonchev–Trinajstić information content (AvgIpc) is 2.53. The third-order valence-corrected chi connectivity index (χ3v) is 5.57. The molecule has 0 aromatic heterocycles. The fourth-order valence-corrected chi connectivity index (χ4v) is 3.76. The lowest BCUT2D eigenvalue weighted by Gasteiger charge is -2.04. The minimum atomic E-state index is 1.12. The topological polar surface area (TPSA) is 0 Å². The smallest absolute Gasteiger partial charge is 0.00745 e. The number of thioether (sulfide) groups is 2. The molecule has 2 heteroatoms. The second-order valence-electron chi connectivity index (χ2n) is 4.69. The SMILES string of the molecule is CCc1ccc(SCCSc2ccc(CC)cc2)cc1. The molecule has 0 nitrogen and oxygen atoms in total. The minimum absolute atomic E-state index is 1.12. The van der Waals surface area contributed by atoms with Crippen LogP contribution in [0.25, 0.3) is 0 Å². The lowest BCUT2D eigenvalue weighted by Crippen LogP contribution is -1.86. The van der Waals surface area contributed by atoms with E-state index in [0.29, 0.717) is 0 Å². The Morgan fingerprint density at radius 1 is 0.600 bits per heavy atom. The van der Waals surface area contributed by atoms with E-state index in [4.69, 9.17) is 0 Å². The zero-order chi connectivity index (χ0) is 14.2. The molecule has 0 unspecified atom stereocenters. The maximum atomic E-state index is 2.24. The lowest BCUT2D eigenvalue weighted by atomic mass is 10.2. The molecule has 2 rings (SSSR count). The highest BCUT2D eigenvalue weighted by Gasteiger charge is 1.97. The summed E-state index contributed by atoms with van der Waals surface area (Å²) in [5.74, 6) is 2.32. The van der Waals surface area contributed by atoms with Gasteiger partial charge in [-0.15, -0.1) is 23.5 Å². The molecule has 0 aliphatic heterocycles. The van der Waals surface area contributed by atoms with Crippen molar-refractivity contribution in [2.24, 2.45) is 0 Å². The molecule has 0 saturated heterocycles. The van der Waals surface area contributed by atoms with Crippen LogP contribution in [0.3, 0.4) is 0 Å². The van der Waals surface area contributed by atoms with Crippen LogP contribution in [0.15, 0.2) is 58.3 Å². The van der Waals surface area contributed by atoms with Gasteiger partial charge in [-0.05, 0) is 48.2 Å². The summed E-state index contributed by atoms with van der Waals surface area (Å²) < 4.78 is 0. The quantitative estimate of drug-likeness (QED) is 0.475. The summed E-state index contributed by atoms with van der Waals surface area (Å²) in [5.41, 5.74) is 2.83. The molecule has 0 aliphatic carbocycles. The number of aryl methyl sites for hydroxylation is 2. The molecule has 2 aromatic rings. The van der Waals surface area contributed by atoms with Gasteiger partial charge >= 0.3 is 0 Å². The van der Waals surface area contributed by atoms with E-state index < -0.39 is 0 Å². The van der Waals surface area contributed by atoms with E-state index in [2.05, 4.69) is 62.4 Å². The zero-order valence-electron chi connectivity index (χ0n) is 12.3. The van der Waals surface area contributed by atoms with Crippen molar-refractivity contribution in [3.63, 3.8) is 0 Å². The van der Waals surface area contributed by atoms with Gasteiger partial charge in [0.15, 0.2) is 0 Å². The molecule has 0 heterocycles. The molecule has 20 heavy (non-hydrogen) atoms. The number of hydrogen-bond acceptors (Lipinski definition) is 2. The van der Waals surface area contributed by atoms with Crippen molar-refractivity contribution in [3.05, 3.63) is 59.7 Å². The van der Waals surface area contributed by atoms with Gasteiger partial charge in [-0.2, -0.15) is 0 Å². The van der Waals surface area contributed by atoms with E-state index in [0.717, 1.165) is 24.3 Å². The second kappa shape index (κ2) is 8.43. The molecule has 0 aliphatic rings. The van der Waals surface area contributed by atoms with Crippen LogP contribution >= 0.6 is 23.5 Å². The summed E-state index contributed by atoms with van der Waals surface area (Å²) >= 11 is 3.89. The number of hydrogen-bond donors (Lipinski definition) is 0. The van der Waals surface area contributed by atoms with Crippen molar-refractivity contribution in [3.8, 4) is 0 Å². The van der Waals surface area contributed by atoms with Gasteiger partial charge in [0.25, 0.3) is 0 Å². The van der Waals surface area contributed by atoms with Crippen molar-refractivity contribution in [2.45, 2.75) is 36.5 Å². The van der Waals surface area contributed by atoms with Crippen LogP contribution in [0.4, 0.5) is 0 Å². The number of rotatable bonds is 7. The maximum absolute atomic E-state index is 2.24.